The molecule has 0 bridgehead atoms. The van der Waals surface area contributed by atoms with Gasteiger partial charge in [-0.1, -0.05) is 266 Å². The van der Waals surface area contributed by atoms with Gasteiger partial charge in [-0.3, -0.25) is 46.9 Å². The van der Waals surface area contributed by atoms with Crippen molar-refractivity contribution in [2.45, 2.75) is 374 Å². The van der Waals surface area contributed by atoms with Crippen LogP contribution in [0.2, 0.25) is 0 Å². The molecular formula is C73H144N6Na2O17P2. The maximum Gasteiger partial charge on any atom is 1.00 e. The monoisotopic (exact) mass is 1480 g/mol. The molecule has 0 rings (SSSR count). The molecule has 0 aliphatic heterocycles. The van der Waals surface area contributed by atoms with Gasteiger partial charge >= 0.3 is 92.7 Å². The SMILES string of the molecule is CCCCCCCCCCCCCC(=O)N[C@H](CNC(=O)C[C@@H](CCCCCCC)OC(C)=O)COP(=O)(O)OCCNC(=O)NCCOP(=O)(O)OC[C@@H](CNC(=O)C[C@@H](CCCCCCC)OC(=O)CCCCCCCCCCC)NC(=O)CCCCCCCCCCCCC.[H-].[H-].[Na+].[Na+]. The minimum absolute atomic E-state index is 0. The Morgan fingerprint density at radius 3 is 0.950 bits per heavy atom. The van der Waals surface area contributed by atoms with Gasteiger partial charge in [-0.15, -0.1) is 0 Å². The summed E-state index contributed by atoms with van der Waals surface area (Å²) < 4.78 is 58.2. The maximum absolute atomic E-state index is 13.5. The Bertz CT molecular complexity index is 2130. The van der Waals surface area contributed by atoms with E-state index in [1.807, 2.05) is 0 Å². The molecule has 0 saturated carbocycles. The molecule has 0 saturated heterocycles. The van der Waals surface area contributed by atoms with E-state index >= 15 is 0 Å². The molecule has 6 atom stereocenters. The number of nitrogens with one attached hydrogen (secondary N) is 6. The van der Waals surface area contributed by atoms with Crippen LogP contribution in [0, 0.1) is 0 Å². The van der Waals surface area contributed by atoms with Gasteiger partial charge in [0.1, 0.15) is 12.2 Å². The molecule has 0 radical (unpaired) electrons. The average Bonchev–Trinajstić information content (AvgIpc) is 0.929. The number of carbonyl (C=O) groups excluding carboxylic acids is 7. The number of unbranched alkanes of at least 4 members (excludes halogenated alkanes) is 36. The van der Waals surface area contributed by atoms with E-state index in [9.17, 15) is 52.5 Å². The molecule has 27 heteroatoms. The van der Waals surface area contributed by atoms with Crippen LogP contribution in [0.4, 0.5) is 4.79 Å². The fourth-order valence-corrected chi connectivity index (χ4v) is 12.9. The molecular weight excluding hydrogens is 1340 g/mol. The van der Waals surface area contributed by atoms with Gasteiger partial charge in [-0.05, 0) is 44.9 Å². The van der Waals surface area contributed by atoms with Crippen LogP contribution in [0.15, 0.2) is 0 Å². The number of amides is 6. The summed E-state index contributed by atoms with van der Waals surface area (Å²) in [7, 11) is -9.55. The van der Waals surface area contributed by atoms with Gasteiger partial charge in [0.15, 0.2) is 0 Å². The van der Waals surface area contributed by atoms with E-state index in [0.717, 1.165) is 141 Å². The zero-order valence-electron chi connectivity index (χ0n) is 66.3. The van der Waals surface area contributed by atoms with E-state index in [0.29, 0.717) is 25.7 Å². The number of ether oxygens (including phenoxy) is 2. The molecule has 0 aliphatic carbocycles. The van der Waals surface area contributed by atoms with Crippen molar-refractivity contribution in [2.24, 2.45) is 0 Å². The van der Waals surface area contributed by atoms with Gasteiger partial charge in [0.05, 0.1) is 51.4 Å². The molecule has 0 spiro atoms. The summed E-state index contributed by atoms with van der Waals surface area (Å²) in [5.41, 5.74) is 0. The van der Waals surface area contributed by atoms with Gasteiger partial charge in [-0.2, -0.15) is 0 Å². The number of phosphoric ester groups is 2. The van der Waals surface area contributed by atoms with E-state index < -0.39 is 90.2 Å². The summed E-state index contributed by atoms with van der Waals surface area (Å²) in [5, 5.41) is 16.1. The first-order valence-corrected chi connectivity index (χ1v) is 42.0. The third-order valence-corrected chi connectivity index (χ3v) is 19.2. The van der Waals surface area contributed by atoms with Crippen molar-refractivity contribution in [3.8, 4) is 0 Å². The van der Waals surface area contributed by atoms with Crippen LogP contribution in [0.1, 0.15) is 353 Å². The summed E-state index contributed by atoms with van der Waals surface area (Å²) in [6.07, 6.45) is 44.7. The van der Waals surface area contributed by atoms with Gasteiger partial charge in [0, 0.05) is 52.4 Å². The Morgan fingerprint density at radius 1 is 0.360 bits per heavy atom. The summed E-state index contributed by atoms with van der Waals surface area (Å²) in [6.45, 7) is 9.32. The smallest absolute Gasteiger partial charge is 1.00 e. The van der Waals surface area contributed by atoms with Gasteiger partial charge in [-0.25, -0.2) is 13.9 Å². The molecule has 0 aromatic heterocycles. The summed E-state index contributed by atoms with van der Waals surface area (Å²) in [4.78, 5) is 112. The van der Waals surface area contributed by atoms with Crippen molar-refractivity contribution >= 4 is 57.2 Å². The normalized spacial score (nSPS) is 13.6. The largest absolute Gasteiger partial charge is 1.00 e. The van der Waals surface area contributed by atoms with Crippen molar-refractivity contribution in [3.63, 3.8) is 0 Å². The molecule has 0 aliphatic rings. The van der Waals surface area contributed by atoms with Crippen LogP contribution < -0.4 is 91.0 Å². The van der Waals surface area contributed by atoms with Crippen LogP contribution in [0.25, 0.3) is 0 Å². The summed E-state index contributed by atoms with van der Waals surface area (Å²) in [6, 6.07) is -2.64. The number of hydrogen-bond donors (Lipinski definition) is 8. The van der Waals surface area contributed by atoms with Crippen LogP contribution in [0.5, 0.6) is 0 Å². The van der Waals surface area contributed by atoms with E-state index in [-0.39, 0.29) is 138 Å². The molecule has 100 heavy (non-hydrogen) atoms. The minimum atomic E-state index is -4.78. The third kappa shape index (κ3) is 70.6. The van der Waals surface area contributed by atoms with Crippen molar-refractivity contribution in [1.29, 1.82) is 0 Å². The van der Waals surface area contributed by atoms with E-state index in [2.05, 4.69) is 66.5 Å². The Morgan fingerprint density at radius 2 is 0.640 bits per heavy atom. The van der Waals surface area contributed by atoms with E-state index in [4.69, 9.17) is 27.6 Å². The predicted molar refractivity (Wildman–Crippen MR) is 392 cm³/mol. The quantitative estimate of drug-likeness (QED) is 0.0121. The molecule has 0 aromatic rings. The van der Waals surface area contributed by atoms with Crippen molar-refractivity contribution < 1.29 is 142 Å². The third-order valence-electron chi connectivity index (χ3n) is 17.2. The zero-order valence-corrected chi connectivity index (χ0v) is 70.1. The van der Waals surface area contributed by atoms with Crippen LogP contribution in [-0.2, 0) is 65.5 Å². The summed E-state index contributed by atoms with van der Waals surface area (Å²) in [5.74, 6) is -2.31. The van der Waals surface area contributed by atoms with Crippen molar-refractivity contribution in [2.75, 3.05) is 52.6 Å². The minimum Gasteiger partial charge on any atom is -1.00 e. The number of rotatable bonds is 72. The van der Waals surface area contributed by atoms with E-state index in [1.165, 1.54) is 116 Å². The molecule has 580 valence electrons. The van der Waals surface area contributed by atoms with Crippen molar-refractivity contribution in [3.05, 3.63) is 0 Å². The molecule has 0 aromatic carbocycles. The van der Waals surface area contributed by atoms with Crippen LogP contribution in [0.3, 0.4) is 0 Å². The van der Waals surface area contributed by atoms with Crippen LogP contribution >= 0.6 is 15.6 Å². The first kappa shape index (κ1) is 102. The number of carbonyl (C=O) groups is 7. The first-order chi connectivity index (χ1) is 47.3. The van der Waals surface area contributed by atoms with Crippen molar-refractivity contribution in [1.82, 2.24) is 31.9 Å². The second kappa shape index (κ2) is 72.9. The topological polar surface area (TPSA) is 322 Å². The summed E-state index contributed by atoms with van der Waals surface area (Å²) >= 11 is 0. The Kier molecular flexibility index (Phi) is 74.7. The predicted octanol–water partition coefficient (Wildman–Crippen LogP) is 10.7. The Balaban J connectivity index is -0.00000784. The molecule has 8 N–H and O–H groups in total. The number of esters is 2. The molecule has 0 fully saturated rings. The van der Waals surface area contributed by atoms with Crippen LogP contribution in [-0.4, -0.2) is 128 Å². The van der Waals surface area contributed by atoms with Gasteiger partial charge in [0.2, 0.25) is 23.6 Å². The molecule has 6 amide bonds. The van der Waals surface area contributed by atoms with Gasteiger partial charge in [0.25, 0.3) is 0 Å². The number of hydrogen-bond acceptors (Lipinski definition) is 15. The Labute approximate surface area is 653 Å². The molecule has 23 nitrogen and oxygen atoms in total. The average molecular weight is 1490 g/mol. The molecule has 0 heterocycles. The number of phosphoric acid groups is 2. The second-order valence-electron chi connectivity index (χ2n) is 26.8. The first-order valence-electron chi connectivity index (χ1n) is 39.0. The fourth-order valence-electron chi connectivity index (χ4n) is 11.4. The maximum atomic E-state index is 13.5. The fraction of sp³-hybridized carbons (Fsp3) is 0.904. The standard InChI is InChI=1S/C73H142N6O17P2.2Na.2H/c1-7-12-17-22-25-28-30-33-35-40-45-50-68(81)78-64(59-76-70(83)57-66(95-63(6)80)48-43-38-20-15-10-4)61-93-97(87,88)91-55-53-74-73(86)75-54-56-92-98(89,90)94-62-65(79-69(82)51-46-41-36-34-31-29-26-23-18-13-8-2)60-77-71(84)58-67(49-44-39-21-16-11-5)96-72(85)52-47-42-37-32-27-24-19-14-9-3;;;;/h64-67H,7-62H2,1-6H3,(H,76,83)(H,77,84)(H,78,81)(H,79,82)(H,87,88)(H,89,90)(H2,74,75,86);;;;/q;2*+1;2*-1/t64-,65-,66-,67-;;;;/m1..../s1. The molecule has 2 unspecified atom stereocenters. The zero-order chi connectivity index (χ0) is 72.4. The number of urea groups is 1. The van der Waals surface area contributed by atoms with Gasteiger partial charge < -0.3 is 54.0 Å². The second-order valence-corrected chi connectivity index (χ2v) is 29.7. The van der Waals surface area contributed by atoms with E-state index in [1.54, 1.807) is 0 Å². The Hall–Kier alpha value is -1.69.